The molecular weight excluding hydrogens is 308 g/mol. The number of nitrogen functional groups attached to an aromatic ring is 2. The number of nitrogens with two attached hydrogens (primary N) is 2. The first kappa shape index (κ1) is 18.6. The third-order valence-electron chi connectivity index (χ3n) is 2.97. The summed E-state index contributed by atoms with van der Waals surface area (Å²) < 4.78 is 10.9. The fraction of sp³-hybridized carbons (Fsp3) is 0.643. The van der Waals surface area contributed by atoms with Crippen LogP contribution in [0.1, 0.15) is 50.0 Å². The topological polar surface area (TPSA) is 113 Å². The van der Waals surface area contributed by atoms with Crippen molar-refractivity contribution in [1.82, 2.24) is 9.97 Å². The minimum atomic E-state index is -0.221. The van der Waals surface area contributed by atoms with E-state index < -0.39 is 0 Å². The molecular formula is C14H23ClN4O3. The zero-order chi connectivity index (χ0) is 16.5. The van der Waals surface area contributed by atoms with Crippen LogP contribution in [0.15, 0.2) is 0 Å². The SMILES string of the molecule is CCOC(CCCCC(=O)c1nc(Cl)c(N)nc1N)OCC. The van der Waals surface area contributed by atoms with Crippen LogP contribution < -0.4 is 11.5 Å². The number of nitrogens with zero attached hydrogens (tertiary/aromatic N) is 2. The molecule has 0 aliphatic heterocycles. The highest BCUT2D eigenvalue weighted by molar-refractivity contribution is 6.31. The van der Waals surface area contributed by atoms with Gasteiger partial charge in [0, 0.05) is 19.6 Å². The minimum Gasteiger partial charge on any atom is -0.382 e. The second kappa shape index (κ2) is 9.55. The Labute approximate surface area is 135 Å². The first-order valence-electron chi connectivity index (χ1n) is 7.34. The highest BCUT2D eigenvalue weighted by Gasteiger charge is 2.16. The summed E-state index contributed by atoms with van der Waals surface area (Å²) in [6, 6.07) is 0. The lowest BCUT2D eigenvalue weighted by atomic mass is 10.1. The molecule has 0 atom stereocenters. The van der Waals surface area contributed by atoms with E-state index in [1.54, 1.807) is 0 Å². The van der Waals surface area contributed by atoms with Crippen molar-refractivity contribution in [2.24, 2.45) is 0 Å². The number of unbranched alkanes of at least 4 members (excludes halogenated alkanes) is 1. The van der Waals surface area contributed by atoms with Gasteiger partial charge < -0.3 is 20.9 Å². The number of rotatable bonds is 10. The highest BCUT2D eigenvalue weighted by atomic mass is 35.5. The Hall–Kier alpha value is -1.44. The largest absolute Gasteiger partial charge is 0.382 e. The maximum absolute atomic E-state index is 12.1. The standard InChI is InChI=1S/C14H23ClN4O3/c1-3-21-10(22-4-2)8-6-5-7-9(20)11-13(16)19-14(17)12(15)18-11/h10H,3-8H2,1-2H3,(H4,16,17,19). The van der Waals surface area contributed by atoms with Gasteiger partial charge in [-0.15, -0.1) is 0 Å². The Balaban J connectivity index is 2.45. The molecule has 0 spiro atoms. The Morgan fingerprint density at radius 1 is 1.14 bits per heavy atom. The first-order valence-corrected chi connectivity index (χ1v) is 7.72. The van der Waals surface area contributed by atoms with Crippen LogP contribution in [0.3, 0.4) is 0 Å². The minimum absolute atomic E-state index is 0.00779. The molecule has 1 aromatic rings. The van der Waals surface area contributed by atoms with Crippen LogP contribution in [-0.2, 0) is 9.47 Å². The Morgan fingerprint density at radius 2 is 1.77 bits per heavy atom. The zero-order valence-electron chi connectivity index (χ0n) is 13.0. The van der Waals surface area contributed by atoms with E-state index in [1.165, 1.54) is 0 Å². The van der Waals surface area contributed by atoms with Crippen molar-refractivity contribution < 1.29 is 14.3 Å². The van der Waals surface area contributed by atoms with Gasteiger partial charge in [0.05, 0.1) is 0 Å². The third-order valence-corrected chi connectivity index (χ3v) is 3.25. The number of ether oxygens (including phenoxy) is 2. The van der Waals surface area contributed by atoms with E-state index in [1.807, 2.05) is 13.8 Å². The molecule has 7 nitrogen and oxygen atoms in total. The summed E-state index contributed by atoms with van der Waals surface area (Å²) in [5, 5.41) is -0.00898. The number of aromatic nitrogens is 2. The molecule has 0 bridgehead atoms. The second-order valence-electron chi connectivity index (χ2n) is 4.64. The van der Waals surface area contributed by atoms with E-state index in [-0.39, 0.29) is 34.6 Å². The quantitative estimate of drug-likeness (QED) is 0.384. The smallest absolute Gasteiger partial charge is 0.185 e. The number of hydrogen-bond acceptors (Lipinski definition) is 7. The lowest BCUT2D eigenvalue weighted by Crippen LogP contribution is -2.17. The monoisotopic (exact) mass is 330 g/mol. The van der Waals surface area contributed by atoms with Gasteiger partial charge in [-0.3, -0.25) is 4.79 Å². The molecule has 0 aliphatic carbocycles. The van der Waals surface area contributed by atoms with Gasteiger partial charge in [-0.2, -0.15) is 0 Å². The van der Waals surface area contributed by atoms with Crippen molar-refractivity contribution in [2.75, 3.05) is 24.7 Å². The van der Waals surface area contributed by atoms with Gasteiger partial charge in [-0.05, 0) is 33.1 Å². The summed E-state index contributed by atoms with van der Waals surface area (Å²) in [6.07, 6.45) is 2.30. The van der Waals surface area contributed by atoms with Crippen LogP contribution in [0.25, 0.3) is 0 Å². The van der Waals surface area contributed by atoms with Crippen LogP contribution in [0.2, 0.25) is 5.15 Å². The van der Waals surface area contributed by atoms with Crippen molar-refractivity contribution >= 4 is 29.0 Å². The Bertz CT molecular complexity index is 493. The van der Waals surface area contributed by atoms with E-state index >= 15 is 0 Å². The summed E-state index contributed by atoms with van der Waals surface area (Å²) in [5.41, 5.74) is 11.2. The van der Waals surface area contributed by atoms with Crippen molar-refractivity contribution in [3.8, 4) is 0 Å². The molecule has 1 heterocycles. The maximum atomic E-state index is 12.1. The van der Waals surface area contributed by atoms with Crippen molar-refractivity contribution in [3.63, 3.8) is 0 Å². The number of ketones is 1. The lowest BCUT2D eigenvalue weighted by molar-refractivity contribution is -0.140. The predicted octanol–water partition coefficient (Wildman–Crippen LogP) is 2.44. The molecule has 1 aromatic heterocycles. The second-order valence-corrected chi connectivity index (χ2v) is 5.00. The summed E-state index contributed by atoms with van der Waals surface area (Å²) in [4.78, 5) is 19.8. The van der Waals surface area contributed by atoms with Crippen molar-refractivity contribution in [2.45, 2.75) is 45.8 Å². The van der Waals surface area contributed by atoms with Crippen LogP contribution in [0.5, 0.6) is 0 Å². The normalized spacial score (nSPS) is 11.1. The molecule has 1 rings (SSSR count). The van der Waals surface area contributed by atoms with E-state index in [0.717, 1.165) is 12.8 Å². The molecule has 0 amide bonds. The fourth-order valence-corrected chi connectivity index (χ4v) is 2.08. The van der Waals surface area contributed by atoms with Gasteiger partial charge in [-0.25, -0.2) is 9.97 Å². The number of hydrogen-bond donors (Lipinski definition) is 2. The molecule has 4 N–H and O–H groups in total. The molecule has 124 valence electrons. The Kier molecular flexibility index (Phi) is 8.08. The third kappa shape index (κ3) is 5.75. The van der Waals surface area contributed by atoms with Crippen LogP contribution in [0.4, 0.5) is 11.6 Å². The van der Waals surface area contributed by atoms with Crippen LogP contribution in [-0.4, -0.2) is 35.3 Å². The Morgan fingerprint density at radius 3 is 2.36 bits per heavy atom. The average molecular weight is 331 g/mol. The first-order chi connectivity index (χ1) is 10.5. The van der Waals surface area contributed by atoms with Crippen molar-refractivity contribution in [3.05, 3.63) is 10.8 Å². The summed E-state index contributed by atoms with van der Waals surface area (Å²) in [5.74, 6) is -0.170. The molecule has 0 radical (unpaired) electrons. The van der Waals surface area contributed by atoms with Gasteiger partial charge in [0.1, 0.15) is 5.69 Å². The molecule has 0 fully saturated rings. The summed E-state index contributed by atoms with van der Waals surface area (Å²) in [6.45, 7) is 5.03. The van der Waals surface area contributed by atoms with E-state index in [4.69, 9.17) is 32.5 Å². The van der Waals surface area contributed by atoms with Crippen LogP contribution >= 0.6 is 11.6 Å². The molecule has 0 saturated heterocycles. The molecule has 0 aromatic carbocycles. The molecule has 8 heteroatoms. The van der Waals surface area contributed by atoms with E-state index in [9.17, 15) is 4.79 Å². The maximum Gasteiger partial charge on any atom is 0.185 e. The van der Waals surface area contributed by atoms with Gasteiger partial charge in [-0.1, -0.05) is 11.6 Å². The predicted molar refractivity (Wildman–Crippen MR) is 85.7 cm³/mol. The molecule has 0 aliphatic rings. The number of carbonyl (C=O) groups excluding carboxylic acids is 1. The molecule has 0 unspecified atom stereocenters. The van der Waals surface area contributed by atoms with Gasteiger partial charge >= 0.3 is 0 Å². The van der Waals surface area contributed by atoms with E-state index in [0.29, 0.717) is 26.1 Å². The highest BCUT2D eigenvalue weighted by Crippen LogP contribution is 2.19. The zero-order valence-corrected chi connectivity index (χ0v) is 13.7. The van der Waals surface area contributed by atoms with Gasteiger partial charge in [0.25, 0.3) is 0 Å². The number of Topliss-reactive ketones (excluding diaryl/α,β-unsaturated/α-hetero) is 1. The molecule has 22 heavy (non-hydrogen) atoms. The number of anilines is 2. The average Bonchev–Trinajstić information content (AvgIpc) is 2.47. The van der Waals surface area contributed by atoms with Gasteiger partial charge in [0.15, 0.2) is 28.9 Å². The summed E-state index contributed by atoms with van der Waals surface area (Å²) in [7, 11) is 0. The number of halogens is 1. The van der Waals surface area contributed by atoms with E-state index in [2.05, 4.69) is 9.97 Å². The lowest BCUT2D eigenvalue weighted by Gasteiger charge is -2.16. The molecule has 0 saturated carbocycles. The van der Waals surface area contributed by atoms with Gasteiger partial charge in [0.2, 0.25) is 0 Å². The summed E-state index contributed by atoms with van der Waals surface area (Å²) >= 11 is 5.76. The van der Waals surface area contributed by atoms with Crippen LogP contribution in [0, 0.1) is 0 Å². The van der Waals surface area contributed by atoms with Crippen molar-refractivity contribution in [1.29, 1.82) is 0 Å². The fourth-order valence-electron chi connectivity index (χ4n) is 1.95. The number of carbonyl (C=O) groups is 1.